The lowest BCUT2D eigenvalue weighted by Crippen LogP contribution is -2.21. The third-order valence-electron chi connectivity index (χ3n) is 5.49. The van der Waals surface area contributed by atoms with Crippen molar-refractivity contribution in [3.05, 3.63) is 63.8 Å². The van der Waals surface area contributed by atoms with Crippen LogP contribution in [0.15, 0.2) is 30.3 Å². The molecule has 2 atom stereocenters. The van der Waals surface area contributed by atoms with E-state index in [0.29, 0.717) is 11.4 Å². The molecule has 158 valence electrons. The molecule has 0 spiro atoms. The van der Waals surface area contributed by atoms with E-state index in [1.807, 2.05) is 0 Å². The van der Waals surface area contributed by atoms with Gasteiger partial charge in [-0.25, -0.2) is 8.78 Å². The highest BCUT2D eigenvalue weighted by Gasteiger charge is 2.35. The van der Waals surface area contributed by atoms with Crippen molar-refractivity contribution < 1.29 is 28.6 Å². The van der Waals surface area contributed by atoms with Gasteiger partial charge >= 0.3 is 5.97 Å². The Bertz CT molecular complexity index is 1150. The molecule has 0 aliphatic carbocycles. The van der Waals surface area contributed by atoms with Crippen LogP contribution in [0.5, 0.6) is 5.75 Å². The number of nitrogens with zero attached hydrogens (tertiary/aromatic N) is 1. The molecule has 2 unspecified atom stereocenters. The molecule has 30 heavy (non-hydrogen) atoms. The number of carbonyl (C=O) groups excluding carboxylic acids is 1. The van der Waals surface area contributed by atoms with Gasteiger partial charge in [-0.05, 0) is 42.7 Å². The van der Waals surface area contributed by atoms with E-state index in [9.17, 15) is 28.6 Å². The summed E-state index contributed by atoms with van der Waals surface area (Å²) in [6, 6.07) is 6.78. The van der Waals surface area contributed by atoms with Crippen molar-refractivity contribution in [2.75, 3.05) is 0 Å². The smallest absolute Gasteiger partial charge is 0.311 e. The highest BCUT2D eigenvalue weighted by Crippen LogP contribution is 2.41. The number of carboxylic acids is 1. The van der Waals surface area contributed by atoms with Gasteiger partial charge in [0.2, 0.25) is 0 Å². The Kier molecular flexibility index (Phi) is 5.85. The van der Waals surface area contributed by atoms with Crippen molar-refractivity contribution in [2.45, 2.75) is 33.1 Å². The van der Waals surface area contributed by atoms with Crippen LogP contribution in [0.25, 0.3) is 10.9 Å². The lowest BCUT2D eigenvalue weighted by atomic mass is 9.84. The van der Waals surface area contributed by atoms with Crippen molar-refractivity contribution >= 4 is 34.4 Å². The average molecular weight is 436 g/mol. The minimum atomic E-state index is -1.29. The molecule has 5 nitrogen and oxygen atoms in total. The predicted molar refractivity (Wildman–Crippen MR) is 109 cm³/mol. The van der Waals surface area contributed by atoms with Gasteiger partial charge < -0.3 is 10.2 Å². The number of carboxylic acid groups (broad SMARTS) is 1. The molecule has 0 amide bonds. The molecule has 8 heteroatoms. The van der Waals surface area contributed by atoms with E-state index < -0.39 is 41.1 Å². The first-order valence-electron chi connectivity index (χ1n) is 9.35. The monoisotopic (exact) mass is 435 g/mol. The molecule has 0 fully saturated rings. The summed E-state index contributed by atoms with van der Waals surface area (Å²) >= 11 is 5.87. The number of rotatable bonds is 5. The van der Waals surface area contributed by atoms with Crippen molar-refractivity contribution in [2.24, 2.45) is 5.92 Å². The van der Waals surface area contributed by atoms with Gasteiger partial charge in [0.05, 0.1) is 11.4 Å². The van der Waals surface area contributed by atoms with Gasteiger partial charge in [-0.3, -0.25) is 14.2 Å². The van der Waals surface area contributed by atoms with Crippen LogP contribution in [0.1, 0.15) is 47.8 Å². The Morgan fingerprint density at radius 1 is 1.20 bits per heavy atom. The topological polar surface area (TPSA) is 79.5 Å². The van der Waals surface area contributed by atoms with Gasteiger partial charge in [0.1, 0.15) is 0 Å². The van der Waals surface area contributed by atoms with Crippen LogP contribution >= 0.6 is 11.6 Å². The molecule has 1 heterocycles. The summed E-state index contributed by atoms with van der Waals surface area (Å²) in [7, 11) is 0. The van der Waals surface area contributed by atoms with Gasteiger partial charge in [-0.1, -0.05) is 31.9 Å². The Morgan fingerprint density at radius 2 is 1.80 bits per heavy atom. The molecule has 2 N–H and O–H groups in total. The van der Waals surface area contributed by atoms with Gasteiger partial charge in [0.15, 0.2) is 17.4 Å². The van der Waals surface area contributed by atoms with E-state index in [2.05, 4.69) is 0 Å². The van der Waals surface area contributed by atoms with Gasteiger partial charge in [0.25, 0.3) is 5.91 Å². The number of hydrogen-bond donors (Lipinski definition) is 2. The molecule has 0 saturated carbocycles. The number of aromatic hydroxyl groups is 1. The molecular formula is C22H20ClF2NO4. The lowest BCUT2D eigenvalue weighted by Gasteiger charge is -2.20. The number of benzene rings is 2. The maximum Gasteiger partial charge on any atom is 0.311 e. The summed E-state index contributed by atoms with van der Waals surface area (Å²) in [4.78, 5) is 25.3. The first kappa shape index (κ1) is 21.8. The lowest BCUT2D eigenvalue weighted by molar-refractivity contribution is -0.140. The molecule has 0 aliphatic rings. The minimum absolute atomic E-state index is 0.0435. The van der Waals surface area contributed by atoms with E-state index in [1.165, 1.54) is 31.2 Å². The van der Waals surface area contributed by atoms with Crippen LogP contribution in [-0.2, 0) is 4.79 Å². The summed E-state index contributed by atoms with van der Waals surface area (Å²) in [5.74, 6) is -7.11. The van der Waals surface area contributed by atoms with Crippen LogP contribution in [0.3, 0.4) is 0 Å². The van der Waals surface area contributed by atoms with Crippen LogP contribution in [0.4, 0.5) is 8.78 Å². The van der Waals surface area contributed by atoms with Gasteiger partial charge in [-0.15, -0.1) is 0 Å². The second-order valence-corrected chi connectivity index (χ2v) is 7.70. The fourth-order valence-electron chi connectivity index (χ4n) is 3.76. The van der Waals surface area contributed by atoms with Crippen molar-refractivity contribution in [3.63, 3.8) is 0 Å². The maximum absolute atomic E-state index is 15.0. The summed E-state index contributed by atoms with van der Waals surface area (Å²) in [6.45, 7) is 4.97. The quantitative estimate of drug-likeness (QED) is 0.555. The third kappa shape index (κ3) is 3.43. The summed E-state index contributed by atoms with van der Waals surface area (Å²) < 4.78 is 30.3. The summed E-state index contributed by atoms with van der Waals surface area (Å²) in [5.41, 5.74) is 0.267. The highest BCUT2D eigenvalue weighted by atomic mass is 35.5. The van der Waals surface area contributed by atoms with Crippen LogP contribution in [-0.4, -0.2) is 26.7 Å². The fraction of sp³-hybridized carbons (Fsp3) is 0.273. The Labute approximate surface area is 176 Å². The minimum Gasteiger partial charge on any atom is -0.503 e. The predicted octanol–water partition coefficient (Wildman–Crippen LogP) is 5.49. The zero-order chi connectivity index (χ0) is 22.3. The number of phenols is 1. The van der Waals surface area contributed by atoms with Crippen molar-refractivity contribution in [1.82, 2.24) is 4.57 Å². The van der Waals surface area contributed by atoms with E-state index in [4.69, 9.17) is 11.6 Å². The number of hydrogen-bond acceptors (Lipinski definition) is 3. The first-order valence-corrected chi connectivity index (χ1v) is 9.72. The normalized spacial score (nSPS) is 13.4. The molecule has 0 radical (unpaired) electrons. The largest absolute Gasteiger partial charge is 0.503 e. The summed E-state index contributed by atoms with van der Waals surface area (Å²) in [6.07, 6.45) is 0.475. The Balaban J connectivity index is 2.42. The zero-order valence-electron chi connectivity index (χ0n) is 16.5. The van der Waals surface area contributed by atoms with Gasteiger partial charge in [0, 0.05) is 27.7 Å². The average Bonchev–Trinajstić information content (AvgIpc) is 2.98. The molecule has 2 aromatic carbocycles. The zero-order valence-corrected chi connectivity index (χ0v) is 17.3. The Morgan fingerprint density at radius 3 is 2.33 bits per heavy atom. The van der Waals surface area contributed by atoms with E-state index in [-0.39, 0.29) is 27.7 Å². The Hall–Kier alpha value is -2.93. The second-order valence-electron chi connectivity index (χ2n) is 7.26. The fourth-order valence-corrected chi connectivity index (χ4v) is 3.89. The number of fused-ring (bicyclic) bond motifs is 1. The molecule has 1 aromatic heterocycles. The molecule has 3 aromatic rings. The number of halogens is 3. The number of aliphatic carboxylic acids is 1. The van der Waals surface area contributed by atoms with E-state index >= 15 is 0 Å². The first-order chi connectivity index (χ1) is 14.1. The van der Waals surface area contributed by atoms with Gasteiger partial charge in [-0.2, -0.15) is 0 Å². The van der Waals surface area contributed by atoms with Crippen LogP contribution in [0.2, 0.25) is 5.02 Å². The molecule has 0 saturated heterocycles. The van der Waals surface area contributed by atoms with Crippen molar-refractivity contribution in [1.29, 1.82) is 0 Å². The molecular weight excluding hydrogens is 416 g/mol. The SMILES string of the molecule is CCC(C)C(C(=O)O)c1c(C)n(C(=O)c2ccc(Cl)cc2)c2cc(F)c(O)c(F)c12. The molecule has 0 aliphatic heterocycles. The number of carbonyl (C=O) groups is 2. The molecule has 0 bridgehead atoms. The van der Waals surface area contributed by atoms with E-state index in [0.717, 1.165) is 10.6 Å². The second kappa shape index (κ2) is 8.07. The standard InChI is InChI=1S/C22H20ClF2NO4/c1-4-10(2)16(22(29)30)17-11(3)26(21(28)12-5-7-13(23)8-6-12)15-9-14(24)20(27)19(25)18(15)17/h5-10,16,27H,4H2,1-3H3,(H,29,30). The number of aromatic nitrogens is 1. The van der Waals surface area contributed by atoms with Crippen LogP contribution < -0.4 is 0 Å². The van der Waals surface area contributed by atoms with E-state index in [1.54, 1.807) is 13.8 Å². The number of phenolic OH excluding ortho intramolecular Hbond substituents is 1. The highest BCUT2D eigenvalue weighted by molar-refractivity contribution is 6.30. The maximum atomic E-state index is 15.0. The van der Waals surface area contributed by atoms with Crippen LogP contribution in [0, 0.1) is 24.5 Å². The third-order valence-corrected chi connectivity index (χ3v) is 5.74. The summed E-state index contributed by atoms with van der Waals surface area (Å²) in [5, 5.41) is 19.8. The van der Waals surface area contributed by atoms with Crippen molar-refractivity contribution in [3.8, 4) is 5.75 Å². The molecule has 3 rings (SSSR count).